The average Bonchev–Trinajstić information content (AvgIpc) is 2.38. The second kappa shape index (κ2) is 7.85. The molecule has 0 saturated heterocycles. The lowest BCUT2D eigenvalue weighted by atomic mass is 10.1. The lowest BCUT2D eigenvalue weighted by Gasteiger charge is -2.19. The van der Waals surface area contributed by atoms with Gasteiger partial charge in [-0.25, -0.2) is 0 Å². The van der Waals surface area contributed by atoms with Crippen LogP contribution in [0.15, 0.2) is 24.3 Å². The molecule has 1 aromatic rings. The summed E-state index contributed by atoms with van der Waals surface area (Å²) in [5.74, 6) is 0.632. The Labute approximate surface area is 126 Å². The van der Waals surface area contributed by atoms with E-state index in [0.29, 0.717) is 17.5 Å². The lowest BCUT2D eigenvalue weighted by Crippen LogP contribution is -2.35. The number of anilines is 1. The number of rotatable bonds is 7. The van der Waals surface area contributed by atoms with Gasteiger partial charge in [-0.15, -0.1) is 0 Å². The summed E-state index contributed by atoms with van der Waals surface area (Å²) in [6, 6.07) is 7.56. The van der Waals surface area contributed by atoms with E-state index in [1.165, 1.54) is 0 Å². The molecular formula is C15H23N3OS. The smallest absolute Gasteiger partial charge is 0.239 e. The molecule has 4 nitrogen and oxygen atoms in total. The van der Waals surface area contributed by atoms with Gasteiger partial charge in [0.05, 0.1) is 6.54 Å². The van der Waals surface area contributed by atoms with Gasteiger partial charge >= 0.3 is 0 Å². The van der Waals surface area contributed by atoms with Gasteiger partial charge in [-0.2, -0.15) is 0 Å². The van der Waals surface area contributed by atoms with Crippen LogP contribution in [0.25, 0.3) is 0 Å². The lowest BCUT2D eigenvalue weighted by molar-refractivity contribution is -0.119. The fourth-order valence-electron chi connectivity index (χ4n) is 1.74. The standard InChI is InChI=1S/C15H23N3OS/c1-11(2)8-9-17-14(19)10-18(3)13-6-4-12(5-7-13)15(16)20/h4-7,11H,8-10H2,1-3H3,(H2,16,20)(H,17,19). The number of amides is 1. The summed E-state index contributed by atoms with van der Waals surface area (Å²) in [6.07, 6.45) is 0.998. The van der Waals surface area contributed by atoms with Gasteiger partial charge in [-0.05, 0) is 36.6 Å². The molecule has 0 aromatic heterocycles. The normalized spacial score (nSPS) is 10.4. The summed E-state index contributed by atoms with van der Waals surface area (Å²) in [7, 11) is 1.89. The number of carbonyl (C=O) groups excluding carboxylic acids is 1. The maximum atomic E-state index is 11.8. The van der Waals surface area contributed by atoms with Gasteiger partial charge in [0, 0.05) is 24.8 Å². The molecule has 20 heavy (non-hydrogen) atoms. The van der Waals surface area contributed by atoms with E-state index >= 15 is 0 Å². The molecule has 1 aromatic carbocycles. The predicted molar refractivity (Wildman–Crippen MR) is 88.1 cm³/mol. The molecule has 0 unspecified atom stereocenters. The van der Waals surface area contributed by atoms with E-state index in [-0.39, 0.29) is 5.91 Å². The summed E-state index contributed by atoms with van der Waals surface area (Å²) in [6.45, 7) is 5.35. The van der Waals surface area contributed by atoms with E-state index in [9.17, 15) is 4.79 Å². The molecular weight excluding hydrogens is 270 g/mol. The van der Waals surface area contributed by atoms with Crippen LogP contribution in [0.2, 0.25) is 0 Å². The molecule has 0 atom stereocenters. The number of nitrogens with two attached hydrogens (primary N) is 1. The zero-order chi connectivity index (χ0) is 15.1. The van der Waals surface area contributed by atoms with Crippen molar-refractivity contribution in [3.63, 3.8) is 0 Å². The highest BCUT2D eigenvalue weighted by atomic mass is 32.1. The predicted octanol–water partition coefficient (Wildman–Crippen LogP) is 1.92. The highest BCUT2D eigenvalue weighted by Gasteiger charge is 2.07. The maximum absolute atomic E-state index is 11.8. The first-order valence-electron chi connectivity index (χ1n) is 6.78. The number of thiocarbonyl (C=S) groups is 1. The van der Waals surface area contributed by atoms with Crippen molar-refractivity contribution in [3.05, 3.63) is 29.8 Å². The fraction of sp³-hybridized carbons (Fsp3) is 0.467. The summed E-state index contributed by atoms with van der Waals surface area (Å²) in [5, 5.41) is 2.92. The van der Waals surface area contributed by atoms with Gasteiger partial charge in [0.25, 0.3) is 0 Å². The third kappa shape index (κ3) is 5.57. The summed E-state index contributed by atoms with van der Waals surface area (Å²) < 4.78 is 0. The number of hydrogen-bond donors (Lipinski definition) is 2. The van der Waals surface area contributed by atoms with Gasteiger partial charge in [0.1, 0.15) is 4.99 Å². The Morgan fingerprint density at radius 2 is 1.95 bits per heavy atom. The summed E-state index contributed by atoms with van der Waals surface area (Å²) >= 11 is 4.91. The fourth-order valence-corrected chi connectivity index (χ4v) is 1.88. The zero-order valence-electron chi connectivity index (χ0n) is 12.3. The van der Waals surface area contributed by atoms with Crippen LogP contribution in [-0.4, -0.2) is 31.0 Å². The third-order valence-corrected chi connectivity index (χ3v) is 3.25. The van der Waals surface area contributed by atoms with E-state index in [2.05, 4.69) is 19.2 Å². The highest BCUT2D eigenvalue weighted by Crippen LogP contribution is 2.13. The molecule has 0 spiro atoms. The van der Waals surface area contributed by atoms with Crippen molar-refractivity contribution in [1.82, 2.24) is 5.32 Å². The molecule has 110 valence electrons. The first-order chi connectivity index (χ1) is 9.40. The van der Waals surface area contributed by atoms with Crippen molar-refractivity contribution in [2.75, 3.05) is 25.0 Å². The number of benzene rings is 1. The van der Waals surface area contributed by atoms with Crippen LogP contribution in [-0.2, 0) is 4.79 Å². The van der Waals surface area contributed by atoms with E-state index in [1.807, 2.05) is 36.2 Å². The Hall–Kier alpha value is -1.62. The van der Waals surface area contributed by atoms with E-state index in [4.69, 9.17) is 18.0 Å². The molecule has 1 amide bonds. The van der Waals surface area contributed by atoms with Crippen LogP contribution in [0.3, 0.4) is 0 Å². The molecule has 0 heterocycles. The molecule has 3 N–H and O–H groups in total. The molecule has 0 saturated carbocycles. The van der Waals surface area contributed by atoms with Gasteiger partial charge in [-0.3, -0.25) is 4.79 Å². The largest absolute Gasteiger partial charge is 0.389 e. The Morgan fingerprint density at radius 1 is 1.35 bits per heavy atom. The van der Waals surface area contributed by atoms with Crippen molar-refractivity contribution < 1.29 is 4.79 Å². The van der Waals surface area contributed by atoms with Crippen LogP contribution in [0, 0.1) is 5.92 Å². The van der Waals surface area contributed by atoms with Gasteiger partial charge in [0.2, 0.25) is 5.91 Å². The summed E-state index contributed by atoms with van der Waals surface area (Å²) in [4.78, 5) is 14.1. The minimum absolute atomic E-state index is 0.0339. The molecule has 0 radical (unpaired) electrons. The van der Waals surface area contributed by atoms with Crippen molar-refractivity contribution in [2.24, 2.45) is 11.7 Å². The first-order valence-corrected chi connectivity index (χ1v) is 7.18. The van der Waals surface area contributed by atoms with Crippen LogP contribution in [0.4, 0.5) is 5.69 Å². The Bertz CT molecular complexity index is 457. The zero-order valence-corrected chi connectivity index (χ0v) is 13.2. The van der Waals surface area contributed by atoms with Gasteiger partial charge in [0.15, 0.2) is 0 Å². The van der Waals surface area contributed by atoms with Crippen molar-refractivity contribution in [3.8, 4) is 0 Å². The summed E-state index contributed by atoms with van der Waals surface area (Å²) in [5.41, 5.74) is 7.35. The Kier molecular flexibility index (Phi) is 6.45. The molecule has 1 rings (SSSR count). The van der Waals surface area contributed by atoms with Crippen molar-refractivity contribution in [2.45, 2.75) is 20.3 Å². The van der Waals surface area contributed by atoms with Gasteiger partial charge in [-0.1, -0.05) is 26.1 Å². The topological polar surface area (TPSA) is 58.4 Å². The average molecular weight is 293 g/mol. The third-order valence-electron chi connectivity index (χ3n) is 3.02. The molecule has 0 bridgehead atoms. The maximum Gasteiger partial charge on any atom is 0.239 e. The second-order valence-electron chi connectivity index (χ2n) is 5.30. The number of hydrogen-bond acceptors (Lipinski definition) is 3. The first kappa shape index (κ1) is 16.4. The Balaban J connectivity index is 2.47. The van der Waals surface area contributed by atoms with E-state index in [0.717, 1.165) is 24.2 Å². The number of likely N-dealkylation sites (N-methyl/N-ethyl adjacent to an activating group) is 1. The van der Waals surface area contributed by atoms with Crippen LogP contribution in [0.1, 0.15) is 25.8 Å². The number of nitrogens with one attached hydrogen (secondary N) is 1. The number of carbonyl (C=O) groups is 1. The van der Waals surface area contributed by atoms with Crippen molar-refractivity contribution >= 4 is 28.8 Å². The van der Waals surface area contributed by atoms with Crippen LogP contribution < -0.4 is 16.0 Å². The molecule has 0 aliphatic heterocycles. The Morgan fingerprint density at radius 3 is 2.45 bits per heavy atom. The molecule has 0 fully saturated rings. The van der Waals surface area contributed by atoms with Crippen LogP contribution in [0.5, 0.6) is 0 Å². The van der Waals surface area contributed by atoms with Crippen molar-refractivity contribution in [1.29, 1.82) is 0 Å². The highest BCUT2D eigenvalue weighted by molar-refractivity contribution is 7.80. The molecule has 5 heteroatoms. The van der Waals surface area contributed by atoms with E-state index < -0.39 is 0 Å². The number of nitrogens with zero attached hydrogens (tertiary/aromatic N) is 1. The van der Waals surface area contributed by atoms with Crippen LogP contribution >= 0.6 is 12.2 Å². The minimum atomic E-state index is 0.0339. The van der Waals surface area contributed by atoms with Gasteiger partial charge < -0.3 is 16.0 Å². The van der Waals surface area contributed by atoms with E-state index in [1.54, 1.807) is 0 Å². The minimum Gasteiger partial charge on any atom is -0.389 e. The quantitative estimate of drug-likeness (QED) is 0.754. The molecule has 0 aliphatic rings. The SMILES string of the molecule is CC(C)CCNC(=O)CN(C)c1ccc(C(N)=S)cc1. The second-order valence-corrected chi connectivity index (χ2v) is 5.74. The monoisotopic (exact) mass is 293 g/mol. The molecule has 0 aliphatic carbocycles.